The van der Waals surface area contributed by atoms with Crippen LogP contribution in [0.4, 0.5) is 15.8 Å². The average molecular weight is 259 g/mol. The van der Waals surface area contributed by atoms with Gasteiger partial charge in [0.05, 0.1) is 11.8 Å². The Morgan fingerprint density at radius 2 is 1.79 bits per heavy atom. The highest BCUT2D eigenvalue weighted by Gasteiger charge is 2.13. The number of aliphatic hydroxyl groups is 1. The number of halogens is 1. The standard InChI is InChI=1S/C16H18FNO/c1-11-6-4-5-7-15(11)18(3)16-9-8-13(12(2)19)10-14(16)17/h4-10,12,19H,1-3H3. The molecule has 0 saturated heterocycles. The Morgan fingerprint density at radius 1 is 1.11 bits per heavy atom. The second-order valence-electron chi connectivity index (χ2n) is 4.73. The van der Waals surface area contributed by atoms with Gasteiger partial charge in [0, 0.05) is 12.7 Å². The van der Waals surface area contributed by atoms with E-state index in [0.29, 0.717) is 11.3 Å². The Bertz CT molecular complexity index is 581. The molecular formula is C16H18FNO. The lowest BCUT2D eigenvalue weighted by Crippen LogP contribution is -2.12. The predicted molar refractivity (Wildman–Crippen MR) is 76.3 cm³/mol. The molecule has 100 valence electrons. The maximum Gasteiger partial charge on any atom is 0.147 e. The quantitative estimate of drug-likeness (QED) is 0.902. The van der Waals surface area contributed by atoms with Crippen LogP contribution in [0.1, 0.15) is 24.2 Å². The molecule has 1 atom stereocenters. The first-order valence-corrected chi connectivity index (χ1v) is 6.27. The number of anilines is 2. The highest BCUT2D eigenvalue weighted by atomic mass is 19.1. The number of aryl methyl sites for hydroxylation is 1. The Balaban J connectivity index is 2.40. The van der Waals surface area contributed by atoms with Gasteiger partial charge in [0.1, 0.15) is 5.82 Å². The average Bonchev–Trinajstić information content (AvgIpc) is 2.38. The number of hydrogen-bond donors (Lipinski definition) is 1. The van der Waals surface area contributed by atoms with E-state index >= 15 is 0 Å². The molecule has 0 aromatic heterocycles. The third kappa shape index (κ3) is 2.76. The zero-order chi connectivity index (χ0) is 14.0. The normalized spacial score (nSPS) is 12.3. The van der Waals surface area contributed by atoms with Crippen LogP contribution < -0.4 is 4.90 Å². The van der Waals surface area contributed by atoms with Crippen molar-refractivity contribution >= 4 is 11.4 Å². The number of nitrogens with zero attached hydrogens (tertiary/aromatic N) is 1. The van der Waals surface area contributed by atoms with E-state index < -0.39 is 6.10 Å². The minimum absolute atomic E-state index is 0.329. The van der Waals surface area contributed by atoms with Crippen molar-refractivity contribution in [3.63, 3.8) is 0 Å². The molecule has 1 unspecified atom stereocenters. The van der Waals surface area contributed by atoms with Crippen LogP contribution in [0.2, 0.25) is 0 Å². The molecule has 1 N–H and O–H groups in total. The van der Waals surface area contributed by atoms with E-state index in [0.717, 1.165) is 11.3 Å². The van der Waals surface area contributed by atoms with Crippen molar-refractivity contribution in [2.24, 2.45) is 0 Å². The third-order valence-electron chi connectivity index (χ3n) is 3.29. The van der Waals surface area contributed by atoms with Crippen molar-refractivity contribution in [2.45, 2.75) is 20.0 Å². The highest BCUT2D eigenvalue weighted by Crippen LogP contribution is 2.30. The van der Waals surface area contributed by atoms with Crippen molar-refractivity contribution in [1.29, 1.82) is 0 Å². The van der Waals surface area contributed by atoms with Gasteiger partial charge in [-0.15, -0.1) is 0 Å². The summed E-state index contributed by atoms with van der Waals surface area (Å²) >= 11 is 0. The van der Waals surface area contributed by atoms with Gasteiger partial charge in [-0.25, -0.2) is 4.39 Å². The minimum atomic E-state index is -0.660. The van der Waals surface area contributed by atoms with Crippen LogP contribution in [0, 0.1) is 12.7 Å². The Morgan fingerprint density at radius 3 is 2.37 bits per heavy atom. The molecular weight excluding hydrogens is 241 g/mol. The molecule has 0 saturated carbocycles. The molecule has 3 heteroatoms. The van der Waals surface area contributed by atoms with Gasteiger partial charge in [-0.3, -0.25) is 0 Å². The fourth-order valence-electron chi connectivity index (χ4n) is 2.12. The second-order valence-corrected chi connectivity index (χ2v) is 4.73. The van der Waals surface area contributed by atoms with Gasteiger partial charge in [-0.1, -0.05) is 24.3 Å². The van der Waals surface area contributed by atoms with Gasteiger partial charge in [0.15, 0.2) is 0 Å². The molecule has 0 bridgehead atoms. The first-order chi connectivity index (χ1) is 9.00. The molecule has 0 fully saturated rings. The number of hydrogen-bond acceptors (Lipinski definition) is 2. The summed E-state index contributed by atoms with van der Waals surface area (Å²) in [6, 6.07) is 12.7. The maximum atomic E-state index is 14.1. The van der Waals surface area contributed by atoms with Gasteiger partial charge in [-0.2, -0.15) is 0 Å². The van der Waals surface area contributed by atoms with Crippen molar-refractivity contribution < 1.29 is 9.50 Å². The lowest BCUT2D eigenvalue weighted by Gasteiger charge is -2.22. The molecule has 2 aromatic rings. The second kappa shape index (κ2) is 5.41. The van der Waals surface area contributed by atoms with Crippen LogP contribution in [0.25, 0.3) is 0 Å². The highest BCUT2D eigenvalue weighted by molar-refractivity contribution is 5.66. The predicted octanol–water partition coefficient (Wildman–Crippen LogP) is 3.96. The first kappa shape index (κ1) is 13.6. The summed E-state index contributed by atoms with van der Waals surface area (Å²) in [7, 11) is 1.84. The number of aliphatic hydroxyl groups excluding tert-OH is 1. The molecule has 0 spiro atoms. The molecule has 0 aliphatic heterocycles. The van der Waals surface area contributed by atoms with Gasteiger partial charge >= 0.3 is 0 Å². The molecule has 0 heterocycles. The van der Waals surface area contributed by atoms with E-state index in [4.69, 9.17) is 0 Å². The van der Waals surface area contributed by atoms with Crippen LogP contribution in [-0.2, 0) is 0 Å². The van der Waals surface area contributed by atoms with Crippen LogP contribution in [0.15, 0.2) is 42.5 Å². The maximum absolute atomic E-state index is 14.1. The SMILES string of the molecule is Cc1ccccc1N(C)c1ccc(C(C)O)cc1F. The zero-order valence-electron chi connectivity index (χ0n) is 11.4. The molecule has 0 aliphatic rings. The minimum Gasteiger partial charge on any atom is -0.389 e. The Hall–Kier alpha value is -1.87. The fraction of sp³-hybridized carbons (Fsp3) is 0.250. The summed E-state index contributed by atoms with van der Waals surface area (Å²) in [6.07, 6.45) is -0.660. The summed E-state index contributed by atoms with van der Waals surface area (Å²) in [4.78, 5) is 1.82. The van der Waals surface area contributed by atoms with Crippen LogP contribution >= 0.6 is 0 Å². The summed E-state index contributed by atoms with van der Waals surface area (Å²) in [5.41, 5.74) is 3.13. The first-order valence-electron chi connectivity index (χ1n) is 6.27. The number of benzene rings is 2. The lowest BCUT2D eigenvalue weighted by atomic mass is 10.1. The fourth-order valence-corrected chi connectivity index (χ4v) is 2.12. The van der Waals surface area contributed by atoms with E-state index in [1.165, 1.54) is 6.07 Å². The summed E-state index contributed by atoms with van der Waals surface area (Å²) in [5.74, 6) is -0.329. The third-order valence-corrected chi connectivity index (χ3v) is 3.29. The molecule has 2 rings (SSSR count). The molecule has 2 nitrogen and oxygen atoms in total. The van der Waals surface area contributed by atoms with Crippen molar-refractivity contribution in [1.82, 2.24) is 0 Å². The van der Waals surface area contributed by atoms with E-state index in [1.54, 1.807) is 19.1 Å². The van der Waals surface area contributed by atoms with Crippen molar-refractivity contribution in [3.05, 3.63) is 59.4 Å². The monoisotopic (exact) mass is 259 g/mol. The Kier molecular flexibility index (Phi) is 3.86. The smallest absolute Gasteiger partial charge is 0.147 e. The largest absolute Gasteiger partial charge is 0.389 e. The molecule has 0 aliphatic carbocycles. The molecule has 19 heavy (non-hydrogen) atoms. The molecule has 2 aromatic carbocycles. The van der Waals surface area contributed by atoms with Gasteiger partial charge < -0.3 is 10.0 Å². The summed E-state index contributed by atoms with van der Waals surface area (Å²) in [6.45, 7) is 3.62. The zero-order valence-corrected chi connectivity index (χ0v) is 11.4. The van der Waals surface area contributed by atoms with Crippen molar-refractivity contribution in [3.8, 4) is 0 Å². The van der Waals surface area contributed by atoms with Crippen LogP contribution in [-0.4, -0.2) is 12.2 Å². The number of rotatable bonds is 3. The van der Waals surface area contributed by atoms with E-state index in [2.05, 4.69) is 0 Å². The van der Waals surface area contributed by atoms with Crippen LogP contribution in [0.3, 0.4) is 0 Å². The van der Waals surface area contributed by atoms with Crippen LogP contribution in [0.5, 0.6) is 0 Å². The number of para-hydroxylation sites is 1. The topological polar surface area (TPSA) is 23.5 Å². The lowest BCUT2D eigenvalue weighted by molar-refractivity contribution is 0.199. The van der Waals surface area contributed by atoms with Crippen molar-refractivity contribution in [2.75, 3.05) is 11.9 Å². The van der Waals surface area contributed by atoms with E-state index in [1.807, 2.05) is 43.1 Å². The molecule has 0 radical (unpaired) electrons. The summed E-state index contributed by atoms with van der Waals surface area (Å²) in [5, 5.41) is 9.46. The Labute approximate surface area is 113 Å². The van der Waals surface area contributed by atoms with Gasteiger partial charge in [-0.05, 0) is 43.2 Å². The summed E-state index contributed by atoms with van der Waals surface area (Å²) < 4.78 is 14.1. The van der Waals surface area contributed by atoms with Gasteiger partial charge in [0.2, 0.25) is 0 Å². The van der Waals surface area contributed by atoms with E-state index in [9.17, 15) is 9.50 Å². The van der Waals surface area contributed by atoms with Gasteiger partial charge in [0.25, 0.3) is 0 Å². The van der Waals surface area contributed by atoms with E-state index in [-0.39, 0.29) is 5.82 Å². The molecule has 0 amide bonds.